The second kappa shape index (κ2) is 9.35. The molecule has 2 aromatic carbocycles. The van der Waals surface area contributed by atoms with Crippen LogP contribution in [0.25, 0.3) is 10.9 Å². The summed E-state index contributed by atoms with van der Waals surface area (Å²) in [5, 5.41) is 1.08. The predicted octanol–water partition coefficient (Wildman–Crippen LogP) is 5.34. The van der Waals surface area contributed by atoms with E-state index in [1.165, 1.54) is 0 Å². The van der Waals surface area contributed by atoms with Gasteiger partial charge in [-0.1, -0.05) is 36.4 Å². The Bertz CT molecular complexity index is 1000. The van der Waals surface area contributed by atoms with E-state index in [9.17, 15) is 13.2 Å². The van der Waals surface area contributed by atoms with Crippen LogP contribution >= 0.6 is 0 Å². The van der Waals surface area contributed by atoms with Crippen molar-refractivity contribution in [2.45, 2.75) is 32.2 Å². The number of nitrogens with two attached hydrogens (primary N) is 1. The van der Waals surface area contributed by atoms with Crippen molar-refractivity contribution in [1.82, 2.24) is 4.98 Å². The standard InChI is InChI=1S/C21H21F3N2O.C2H2/c1-13-7-15(9-17(8-13)21(22,23)24)12-27-14(2)19(25)10-16-11-26-20-6-4-3-5-18(16)20;1-2/h3-9,11,19,26H,2,10,12,25H2,1H3;1-2H/t19-;/m0./s1. The number of terminal acetylenes is 1. The van der Waals surface area contributed by atoms with Gasteiger partial charge in [0.15, 0.2) is 0 Å². The van der Waals surface area contributed by atoms with E-state index in [0.29, 0.717) is 23.3 Å². The SMILES string of the molecule is C#C.C=C(OCc1cc(C)cc(C(F)(F)F)c1)[C@@H](N)Cc1c[nH]c2ccccc12. The van der Waals surface area contributed by atoms with Crippen molar-refractivity contribution in [2.24, 2.45) is 5.73 Å². The molecule has 0 spiro atoms. The molecule has 1 heterocycles. The molecule has 3 aromatic rings. The molecule has 3 rings (SSSR count). The van der Waals surface area contributed by atoms with Gasteiger partial charge in [0.1, 0.15) is 12.4 Å². The summed E-state index contributed by atoms with van der Waals surface area (Å²) in [7, 11) is 0. The van der Waals surface area contributed by atoms with Gasteiger partial charge < -0.3 is 15.5 Å². The molecule has 1 atom stereocenters. The van der Waals surface area contributed by atoms with Gasteiger partial charge in [-0.25, -0.2) is 0 Å². The number of rotatable bonds is 6. The molecular weight excluding hydrogens is 377 g/mol. The van der Waals surface area contributed by atoms with Crippen molar-refractivity contribution in [3.63, 3.8) is 0 Å². The highest BCUT2D eigenvalue weighted by Gasteiger charge is 2.30. The molecule has 0 amide bonds. The van der Waals surface area contributed by atoms with E-state index < -0.39 is 17.8 Å². The average molecular weight is 400 g/mol. The molecule has 0 fully saturated rings. The van der Waals surface area contributed by atoms with Crippen LogP contribution < -0.4 is 5.73 Å². The molecule has 0 bridgehead atoms. The molecule has 0 aliphatic rings. The zero-order valence-corrected chi connectivity index (χ0v) is 16.1. The number of aromatic nitrogens is 1. The lowest BCUT2D eigenvalue weighted by Gasteiger charge is -2.17. The van der Waals surface area contributed by atoms with Crippen LogP contribution in [-0.4, -0.2) is 11.0 Å². The van der Waals surface area contributed by atoms with Crippen LogP contribution in [0, 0.1) is 19.8 Å². The Morgan fingerprint density at radius 3 is 2.59 bits per heavy atom. The third kappa shape index (κ3) is 5.66. The van der Waals surface area contributed by atoms with E-state index in [1.54, 1.807) is 13.0 Å². The molecule has 0 radical (unpaired) electrons. The molecule has 3 nitrogen and oxygen atoms in total. The Labute approximate surface area is 168 Å². The van der Waals surface area contributed by atoms with E-state index in [0.717, 1.165) is 28.6 Å². The highest BCUT2D eigenvalue weighted by Crippen LogP contribution is 2.31. The molecule has 6 heteroatoms. The number of H-pyrrole nitrogens is 1. The van der Waals surface area contributed by atoms with E-state index in [4.69, 9.17) is 10.5 Å². The van der Waals surface area contributed by atoms with Gasteiger partial charge in [0.25, 0.3) is 0 Å². The van der Waals surface area contributed by atoms with Crippen molar-refractivity contribution in [3.8, 4) is 12.8 Å². The molecule has 0 saturated heterocycles. The highest BCUT2D eigenvalue weighted by molar-refractivity contribution is 5.83. The molecule has 0 aliphatic carbocycles. The minimum Gasteiger partial charge on any atom is -0.492 e. The number of ether oxygens (including phenoxy) is 1. The number of nitrogens with one attached hydrogen (secondary N) is 1. The number of hydrogen-bond donors (Lipinski definition) is 2. The van der Waals surface area contributed by atoms with Crippen LogP contribution in [0.15, 0.2) is 61.0 Å². The number of para-hydroxylation sites is 1. The van der Waals surface area contributed by atoms with Crippen LogP contribution in [0.3, 0.4) is 0 Å². The average Bonchev–Trinajstić information content (AvgIpc) is 3.09. The fourth-order valence-corrected chi connectivity index (χ4v) is 3.04. The second-order valence-electron chi connectivity index (χ2n) is 6.63. The summed E-state index contributed by atoms with van der Waals surface area (Å²) in [5.74, 6) is 0.343. The number of halogens is 3. The Balaban J connectivity index is 0.00000145. The maximum absolute atomic E-state index is 12.9. The number of alkyl halides is 3. The summed E-state index contributed by atoms with van der Waals surface area (Å²) in [6.45, 7) is 5.46. The summed E-state index contributed by atoms with van der Waals surface area (Å²) in [4.78, 5) is 3.18. The summed E-state index contributed by atoms with van der Waals surface area (Å²) in [6.07, 6.45) is 6.03. The third-order valence-electron chi connectivity index (χ3n) is 4.42. The Morgan fingerprint density at radius 1 is 1.21 bits per heavy atom. The Hall–Kier alpha value is -3.17. The zero-order valence-electron chi connectivity index (χ0n) is 16.1. The van der Waals surface area contributed by atoms with Gasteiger partial charge in [0.05, 0.1) is 11.6 Å². The maximum atomic E-state index is 12.9. The molecule has 0 saturated carbocycles. The summed E-state index contributed by atoms with van der Waals surface area (Å²) in [5.41, 5.74) is 8.51. The highest BCUT2D eigenvalue weighted by atomic mass is 19.4. The summed E-state index contributed by atoms with van der Waals surface area (Å²) < 4.78 is 44.4. The van der Waals surface area contributed by atoms with Crippen molar-refractivity contribution >= 4 is 10.9 Å². The zero-order chi connectivity index (χ0) is 21.6. The normalized spacial score (nSPS) is 12.1. The fourth-order valence-electron chi connectivity index (χ4n) is 3.04. The first kappa shape index (κ1) is 22.1. The van der Waals surface area contributed by atoms with Crippen LogP contribution in [0.2, 0.25) is 0 Å². The lowest BCUT2D eigenvalue weighted by atomic mass is 10.0. The first-order valence-corrected chi connectivity index (χ1v) is 8.87. The van der Waals surface area contributed by atoms with Crippen molar-refractivity contribution in [1.29, 1.82) is 0 Å². The minimum absolute atomic E-state index is 0.00875. The van der Waals surface area contributed by atoms with Gasteiger partial charge in [-0.15, -0.1) is 12.8 Å². The van der Waals surface area contributed by atoms with Crippen LogP contribution in [0.5, 0.6) is 0 Å². The smallest absolute Gasteiger partial charge is 0.416 e. The number of fused-ring (bicyclic) bond motifs is 1. The van der Waals surface area contributed by atoms with Crippen LogP contribution in [0.1, 0.15) is 22.3 Å². The van der Waals surface area contributed by atoms with Crippen molar-refractivity contribution in [2.75, 3.05) is 0 Å². The maximum Gasteiger partial charge on any atom is 0.416 e. The number of benzene rings is 2. The van der Waals surface area contributed by atoms with Gasteiger partial charge in [0, 0.05) is 17.1 Å². The molecule has 152 valence electrons. The number of hydrogen-bond acceptors (Lipinski definition) is 2. The molecule has 3 N–H and O–H groups in total. The summed E-state index contributed by atoms with van der Waals surface area (Å²) >= 11 is 0. The monoisotopic (exact) mass is 400 g/mol. The first-order valence-electron chi connectivity index (χ1n) is 8.87. The van der Waals surface area contributed by atoms with Gasteiger partial charge >= 0.3 is 6.18 Å². The molecule has 29 heavy (non-hydrogen) atoms. The van der Waals surface area contributed by atoms with Crippen LogP contribution in [-0.2, 0) is 23.9 Å². The van der Waals surface area contributed by atoms with Gasteiger partial charge in [0.2, 0.25) is 0 Å². The summed E-state index contributed by atoms with van der Waals surface area (Å²) in [6, 6.07) is 11.3. The molecule has 1 aromatic heterocycles. The van der Waals surface area contributed by atoms with Gasteiger partial charge in [-0.05, 0) is 42.7 Å². The van der Waals surface area contributed by atoms with Gasteiger partial charge in [-0.2, -0.15) is 13.2 Å². The van der Waals surface area contributed by atoms with Crippen molar-refractivity contribution in [3.05, 3.63) is 83.3 Å². The lowest BCUT2D eigenvalue weighted by molar-refractivity contribution is -0.137. The van der Waals surface area contributed by atoms with E-state index in [2.05, 4.69) is 24.4 Å². The number of aromatic amines is 1. The van der Waals surface area contributed by atoms with E-state index in [-0.39, 0.29) is 6.61 Å². The Kier molecular flexibility index (Phi) is 7.13. The van der Waals surface area contributed by atoms with E-state index >= 15 is 0 Å². The fraction of sp³-hybridized carbons (Fsp3) is 0.217. The van der Waals surface area contributed by atoms with Crippen molar-refractivity contribution < 1.29 is 17.9 Å². The topological polar surface area (TPSA) is 51.0 Å². The first-order chi connectivity index (χ1) is 13.7. The lowest BCUT2D eigenvalue weighted by Crippen LogP contribution is -2.26. The largest absolute Gasteiger partial charge is 0.492 e. The van der Waals surface area contributed by atoms with Gasteiger partial charge in [-0.3, -0.25) is 0 Å². The molecule has 0 aliphatic heterocycles. The number of aryl methyl sites for hydroxylation is 1. The second-order valence-corrected chi connectivity index (χ2v) is 6.63. The third-order valence-corrected chi connectivity index (χ3v) is 4.42. The Morgan fingerprint density at radius 2 is 1.90 bits per heavy atom. The minimum atomic E-state index is -4.39. The van der Waals surface area contributed by atoms with Crippen LogP contribution in [0.4, 0.5) is 13.2 Å². The molecule has 0 unspecified atom stereocenters. The van der Waals surface area contributed by atoms with E-state index in [1.807, 2.05) is 30.5 Å². The molecular formula is C23H23F3N2O. The quantitative estimate of drug-likeness (QED) is 0.433. The predicted molar refractivity (Wildman–Crippen MR) is 110 cm³/mol.